The summed E-state index contributed by atoms with van der Waals surface area (Å²) in [5, 5.41) is 0. The number of piperidine rings is 1. The number of ether oxygens (including phenoxy) is 1. The van der Waals surface area contributed by atoms with Crippen LogP contribution in [0, 0.1) is 0 Å². The van der Waals surface area contributed by atoms with Crippen LogP contribution in [0.2, 0.25) is 0 Å². The van der Waals surface area contributed by atoms with E-state index in [1.807, 2.05) is 17.3 Å². The monoisotopic (exact) mass is 398 g/mol. The first-order valence-electron chi connectivity index (χ1n) is 10.4. The summed E-state index contributed by atoms with van der Waals surface area (Å²) in [4.78, 5) is 34.1. The van der Waals surface area contributed by atoms with E-state index in [0.717, 1.165) is 61.7 Å². The van der Waals surface area contributed by atoms with Crippen LogP contribution in [0.3, 0.4) is 0 Å². The van der Waals surface area contributed by atoms with Crippen molar-refractivity contribution < 1.29 is 9.53 Å². The fourth-order valence-corrected chi connectivity index (χ4v) is 4.63. The maximum atomic E-state index is 12.8. The molecule has 2 aliphatic rings. The van der Waals surface area contributed by atoms with E-state index >= 15 is 0 Å². The highest BCUT2D eigenvalue weighted by Crippen LogP contribution is 2.42. The van der Waals surface area contributed by atoms with Gasteiger partial charge < -0.3 is 14.6 Å². The Morgan fingerprint density at radius 2 is 1.93 bits per heavy atom. The number of amides is 1. The van der Waals surface area contributed by atoms with E-state index in [1.165, 1.54) is 0 Å². The second-order valence-corrected chi connectivity index (χ2v) is 8.37. The minimum atomic E-state index is -0.336. The third-order valence-corrected chi connectivity index (χ3v) is 6.16. The number of aromatic nitrogens is 4. The van der Waals surface area contributed by atoms with E-state index in [9.17, 15) is 4.79 Å². The summed E-state index contributed by atoms with van der Waals surface area (Å²) in [5.74, 6) is 1.27. The Hall–Kier alpha value is -2.32. The number of imidazole rings is 1. The molecule has 8 nitrogen and oxygen atoms in total. The van der Waals surface area contributed by atoms with Gasteiger partial charge in [0, 0.05) is 69.3 Å². The van der Waals surface area contributed by atoms with Crippen molar-refractivity contribution in [1.29, 1.82) is 0 Å². The summed E-state index contributed by atoms with van der Waals surface area (Å²) >= 11 is 0. The van der Waals surface area contributed by atoms with Gasteiger partial charge in [-0.25, -0.2) is 15.0 Å². The van der Waals surface area contributed by atoms with Gasteiger partial charge in [0.05, 0.1) is 17.6 Å². The van der Waals surface area contributed by atoms with Crippen molar-refractivity contribution in [1.82, 2.24) is 29.7 Å². The molecule has 1 amide bonds. The van der Waals surface area contributed by atoms with Crippen LogP contribution in [0.1, 0.15) is 55.4 Å². The topological polar surface area (TPSA) is 87.2 Å². The first-order chi connectivity index (χ1) is 14.0. The van der Waals surface area contributed by atoms with Crippen molar-refractivity contribution >= 4 is 5.91 Å². The van der Waals surface area contributed by atoms with Crippen molar-refractivity contribution in [3.05, 3.63) is 41.5 Å². The average molecular weight is 399 g/mol. The Morgan fingerprint density at radius 1 is 1.21 bits per heavy atom. The third kappa shape index (κ3) is 3.79. The van der Waals surface area contributed by atoms with E-state index in [2.05, 4.69) is 38.7 Å². The van der Waals surface area contributed by atoms with E-state index in [-0.39, 0.29) is 18.1 Å². The van der Waals surface area contributed by atoms with Crippen LogP contribution in [0.4, 0.5) is 0 Å². The molecule has 1 N–H and O–H groups in total. The SMILES string of the molecule is COCC(=O)N1CCc2[nH]cnc2C12CCN(Cc1cnc(C(C)C)nc1)CC2. The normalized spacial score (nSPS) is 19.0. The number of fused-ring (bicyclic) bond motifs is 2. The van der Waals surface area contributed by atoms with E-state index in [1.54, 1.807) is 13.4 Å². The van der Waals surface area contributed by atoms with Gasteiger partial charge in [0.15, 0.2) is 0 Å². The number of carbonyl (C=O) groups is 1. The van der Waals surface area contributed by atoms with Crippen molar-refractivity contribution in [3.63, 3.8) is 0 Å². The standard InChI is InChI=1S/C21H30N6O2/c1-15(2)20-22-10-16(11-23-20)12-26-8-5-21(6-9-26)19-17(24-14-25-19)4-7-27(21)18(28)13-29-3/h10-11,14-15H,4-9,12-13H2,1-3H3,(H,24,25). The van der Waals surface area contributed by atoms with Crippen molar-refractivity contribution in [2.45, 2.75) is 51.1 Å². The molecule has 0 bridgehead atoms. The van der Waals surface area contributed by atoms with Crippen LogP contribution in [0.25, 0.3) is 0 Å². The predicted molar refractivity (Wildman–Crippen MR) is 108 cm³/mol. The van der Waals surface area contributed by atoms with Crippen LogP contribution in [-0.2, 0) is 28.0 Å². The minimum absolute atomic E-state index is 0.0484. The molecule has 0 atom stereocenters. The van der Waals surface area contributed by atoms with Gasteiger partial charge in [0.25, 0.3) is 0 Å². The summed E-state index contributed by atoms with van der Waals surface area (Å²) in [5.41, 5.74) is 2.99. The Labute approximate surface area is 171 Å². The van der Waals surface area contributed by atoms with Gasteiger partial charge in [-0.3, -0.25) is 9.69 Å². The molecule has 4 heterocycles. The van der Waals surface area contributed by atoms with Gasteiger partial charge in [-0.15, -0.1) is 0 Å². The second-order valence-electron chi connectivity index (χ2n) is 8.37. The molecule has 1 spiro atoms. The molecular formula is C21H30N6O2. The number of rotatable bonds is 5. The lowest BCUT2D eigenvalue weighted by Crippen LogP contribution is -2.58. The lowest BCUT2D eigenvalue weighted by atomic mass is 9.78. The number of hydrogen-bond donors (Lipinski definition) is 1. The molecule has 0 aromatic carbocycles. The Kier molecular flexibility index (Phi) is 5.65. The Morgan fingerprint density at radius 3 is 2.59 bits per heavy atom. The van der Waals surface area contributed by atoms with Gasteiger partial charge in [-0.05, 0) is 12.8 Å². The lowest BCUT2D eigenvalue weighted by Gasteiger charge is -2.50. The second kappa shape index (κ2) is 8.20. The summed E-state index contributed by atoms with van der Waals surface area (Å²) < 4.78 is 5.14. The highest BCUT2D eigenvalue weighted by Gasteiger charge is 2.48. The summed E-state index contributed by atoms with van der Waals surface area (Å²) in [7, 11) is 1.57. The number of nitrogens with one attached hydrogen (secondary N) is 1. The van der Waals surface area contributed by atoms with Crippen molar-refractivity contribution in [3.8, 4) is 0 Å². The molecule has 1 saturated heterocycles. The number of aromatic amines is 1. The maximum Gasteiger partial charge on any atom is 0.249 e. The van der Waals surface area contributed by atoms with Gasteiger partial charge in [-0.2, -0.15) is 0 Å². The quantitative estimate of drug-likeness (QED) is 0.827. The van der Waals surface area contributed by atoms with Gasteiger partial charge in [-0.1, -0.05) is 13.8 Å². The molecule has 2 aromatic rings. The van der Waals surface area contributed by atoms with E-state index in [0.29, 0.717) is 12.5 Å². The summed E-state index contributed by atoms with van der Waals surface area (Å²) in [6.07, 6.45) is 8.18. The summed E-state index contributed by atoms with van der Waals surface area (Å²) in [6, 6.07) is 0. The zero-order valence-electron chi connectivity index (χ0n) is 17.5. The molecule has 29 heavy (non-hydrogen) atoms. The molecule has 2 aliphatic heterocycles. The molecule has 0 radical (unpaired) electrons. The maximum absolute atomic E-state index is 12.8. The Bertz CT molecular complexity index is 839. The first kappa shape index (κ1) is 20.0. The number of hydrogen-bond acceptors (Lipinski definition) is 6. The van der Waals surface area contributed by atoms with Crippen LogP contribution in [0.5, 0.6) is 0 Å². The molecule has 0 unspecified atom stereocenters. The first-order valence-corrected chi connectivity index (χ1v) is 10.4. The van der Waals surface area contributed by atoms with Crippen LogP contribution in [0.15, 0.2) is 18.7 Å². The fourth-order valence-electron chi connectivity index (χ4n) is 4.63. The minimum Gasteiger partial charge on any atom is -0.375 e. The molecule has 8 heteroatoms. The largest absolute Gasteiger partial charge is 0.375 e. The highest BCUT2D eigenvalue weighted by molar-refractivity contribution is 5.79. The average Bonchev–Trinajstić information content (AvgIpc) is 3.21. The zero-order valence-corrected chi connectivity index (χ0v) is 17.5. The molecule has 1 fully saturated rings. The fraction of sp³-hybridized carbons (Fsp3) is 0.619. The molecule has 4 rings (SSSR count). The smallest absolute Gasteiger partial charge is 0.249 e. The molecule has 0 saturated carbocycles. The number of nitrogens with zero attached hydrogens (tertiary/aromatic N) is 5. The number of carbonyl (C=O) groups excluding carboxylic acids is 1. The molecule has 156 valence electrons. The van der Waals surface area contributed by atoms with E-state index < -0.39 is 0 Å². The zero-order chi connectivity index (χ0) is 20.4. The number of likely N-dealkylation sites (tertiary alicyclic amines) is 1. The molecule has 0 aliphatic carbocycles. The molecular weight excluding hydrogens is 368 g/mol. The molecule has 2 aromatic heterocycles. The van der Waals surface area contributed by atoms with Gasteiger partial charge >= 0.3 is 0 Å². The van der Waals surface area contributed by atoms with E-state index in [4.69, 9.17) is 4.74 Å². The lowest BCUT2D eigenvalue weighted by molar-refractivity contribution is -0.146. The highest BCUT2D eigenvalue weighted by atomic mass is 16.5. The van der Waals surface area contributed by atoms with Crippen LogP contribution < -0.4 is 0 Å². The Balaban J connectivity index is 1.49. The van der Waals surface area contributed by atoms with Crippen molar-refractivity contribution in [2.24, 2.45) is 0 Å². The van der Waals surface area contributed by atoms with Crippen LogP contribution >= 0.6 is 0 Å². The predicted octanol–water partition coefficient (Wildman–Crippen LogP) is 1.85. The number of H-pyrrole nitrogens is 1. The number of methoxy groups -OCH3 is 1. The van der Waals surface area contributed by atoms with Crippen molar-refractivity contribution in [2.75, 3.05) is 33.4 Å². The van der Waals surface area contributed by atoms with Crippen LogP contribution in [-0.4, -0.2) is 69.0 Å². The van der Waals surface area contributed by atoms with Gasteiger partial charge in [0.1, 0.15) is 12.4 Å². The van der Waals surface area contributed by atoms with Gasteiger partial charge in [0.2, 0.25) is 5.91 Å². The third-order valence-electron chi connectivity index (χ3n) is 6.16. The summed E-state index contributed by atoms with van der Waals surface area (Å²) in [6.45, 7) is 7.65.